The number of nitrogens with one attached hydrogen (secondary N) is 1. The number of piperidine rings is 1. The fraction of sp³-hybridized carbons (Fsp3) is 0.688. The number of aryl methyl sites for hydroxylation is 1. The molecule has 2 heterocycles. The van der Waals surface area contributed by atoms with Crippen molar-refractivity contribution in [3.8, 4) is 0 Å². The summed E-state index contributed by atoms with van der Waals surface area (Å²) < 4.78 is 0. The first kappa shape index (κ1) is 15.7. The van der Waals surface area contributed by atoms with E-state index in [2.05, 4.69) is 54.4 Å². The van der Waals surface area contributed by atoms with E-state index in [0.717, 1.165) is 12.2 Å². The number of aromatic nitrogens is 1. The monoisotopic (exact) mass is 293 g/mol. The van der Waals surface area contributed by atoms with Crippen LogP contribution in [0.25, 0.3) is 0 Å². The number of allylic oxidation sites excluding steroid dienone is 1. The Morgan fingerprint density at radius 1 is 1.50 bits per heavy atom. The van der Waals surface area contributed by atoms with Crippen molar-refractivity contribution in [3.05, 3.63) is 27.7 Å². The zero-order valence-electron chi connectivity index (χ0n) is 13.1. The highest BCUT2D eigenvalue weighted by Gasteiger charge is 2.21. The molecule has 0 saturated carbocycles. The zero-order valence-corrected chi connectivity index (χ0v) is 14.0. The van der Waals surface area contributed by atoms with Gasteiger partial charge < -0.3 is 5.32 Å². The molecule has 0 spiro atoms. The first-order valence-corrected chi connectivity index (χ1v) is 8.46. The van der Waals surface area contributed by atoms with E-state index in [-0.39, 0.29) is 0 Å². The molecule has 1 N–H and O–H groups in total. The lowest BCUT2D eigenvalue weighted by molar-refractivity contribution is 0.208. The summed E-state index contributed by atoms with van der Waals surface area (Å²) in [7, 11) is 0. The van der Waals surface area contributed by atoms with Gasteiger partial charge in [-0.25, -0.2) is 4.98 Å². The average molecular weight is 293 g/mol. The molecule has 1 aliphatic heterocycles. The van der Waals surface area contributed by atoms with Crippen LogP contribution in [0, 0.1) is 6.92 Å². The lowest BCUT2D eigenvalue weighted by atomic mass is 10.0. The third-order valence-electron chi connectivity index (χ3n) is 3.84. The summed E-state index contributed by atoms with van der Waals surface area (Å²) in [4.78, 5) is 7.12. The van der Waals surface area contributed by atoms with Gasteiger partial charge in [-0.2, -0.15) is 0 Å². The van der Waals surface area contributed by atoms with Crippen LogP contribution in [-0.2, 0) is 0 Å². The predicted octanol–water partition coefficient (Wildman–Crippen LogP) is 3.53. The summed E-state index contributed by atoms with van der Waals surface area (Å²) >= 11 is 1.77. The summed E-state index contributed by atoms with van der Waals surface area (Å²) in [6.07, 6.45) is 4.81. The standard InChI is InChI=1S/C16H27N3S/c1-12(2)5-8-19-9-6-15(7-10-19)18-14(4)16-17-13(3)11-20-16/h5,11,14-15,18H,6-10H2,1-4H3. The van der Waals surface area contributed by atoms with Gasteiger partial charge in [0.2, 0.25) is 0 Å². The second-order valence-corrected chi connectivity index (χ2v) is 6.96. The van der Waals surface area contributed by atoms with E-state index < -0.39 is 0 Å². The van der Waals surface area contributed by atoms with E-state index in [4.69, 9.17) is 0 Å². The molecule has 1 aliphatic rings. The number of hydrogen-bond acceptors (Lipinski definition) is 4. The summed E-state index contributed by atoms with van der Waals surface area (Å²) in [5.74, 6) is 0. The Balaban J connectivity index is 1.75. The molecule has 1 saturated heterocycles. The number of likely N-dealkylation sites (tertiary alicyclic amines) is 1. The van der Waals surface area contributed by atoms with Gasteiger partial charge >= 0.3 is 0 Å². The maximum atomic E-state index is 4.58. The van der Waals surface area contributed by atoms with Crippen molar-refractivity contribution in [2.45, 2.75) is 52.6 Å². The second-order valence-electron chi connectivity index (χ2n) is 6.07. The maximum Gasteiger partial charge on any atom is 0.110 e. The van der Waals surface area contributed by atoms with Crippen molar-refractivity contribution in [2.24, 2.45) is 0 Å². The normalized spacial score (nSPS) is 19.0. The van der Waals surface area contributed by atoms with Crippen LogP contribution in [-0.4, -0.2) is 35.6 Å². The maximum absolute atomic E-state index is 4.58. The molecule has 0 bridgehead atoms. The number of hydrogen-bond donors (Lipinski definition) is 1. The molecule has 0 radical (unpaired) electrons. The highest BCUT2D eigenvalue weighted by Crippen LogP contribution is 2.20. The minimum Gasteiger partial charge on any atom is -0.305 e. The molecule has 1 atom stereocenters. The van der Waals surface area contributed by atoms with Crippen LogP contribution in [0.1, 0.15) is 50.4 Å². The zero-order chi connectivity index (χ0) is 14.5. The van der Waals surface area contributed by atoms with Crippen molar-refractivity contribution < 1.29 is 0 Å². The van der Waals surface area contributed by atoms with E-state index >= 15 is 0 Å². The highest BCUT2D eigenvalue weighted by atomic mass is 32.1. The van der Waals surface area contributed by atoms with Crippen molar-refractivity contribution in [3.63, 3.8) is 0 Å². The Hall–Kier alpha value is -0.710. The van der Waals surface area contributed by atoms with E-state index in [0.29, 0.717) is 12.1 Å². The van der Waals surface area contributed by atoms with Gasteiger partial charge in [-0.3, -0.25) is 4.90 Å². The first-order chi connectivity index (χ1) is 9.54. The summed E-state index contributed by atoms with van der Waals surface area (Å²) in [5.41, 5.74) is 2.55. The molecule has 0 amide bonds. The Labute approximate surface area is 127 Å². The third kappa shape index (κ3) is 4.69. The highest BCUT2D eigenvalue weighted by molar-refractivity contribution is 7.09. The van der Waals surface area contributed by atoms with Gasteiger partial charge in [0.15, 0.2) is 0 Å². The molecule has 112 valence electrons. The Morgan fingerprint density at radius 2 is 2.20 bits per heavy atom. The molecule has 1 unspecified atom stereocenters. The van der Waals surface area contributed by atoms with Gasteiger partial charge in [0, 0.05) is 23.7 Å². The molecule has 0 aromatic carbocycles. The molecular formula is C16H27N3S. The fourth-order valence-corrected chi connectivity index (χ4v) is 3.40. The lowest BCUT2D eigenvalue weighted by Gasteiger charge is -2.33. The second kappa shape index (κ2) is 7.34. The van der Waals surface area contributed by atoms with Crippen molar-refractivity contribution >= 4 is 11.3 Å². The minimum absolute atomic E-state index is 0.378. The predicted molar refractivity (Wildman–Crippen MR) is 87.3 cm³/mol. The lowest BCUT2D eigenvalue weighted by Crippen LogP contribution is -2.43. The molecular weight excluding hydrogens is 266 g/mol. The molecule has 1 aromatic rings. The summed E-state index contributed by atoms with van der Waals surface area (Å²) in [6, 6.07) is 1.01. The molecule has 20 heavy (non-hydrogen) atoms. The summed E-state index contributed by atoms with van der Waals surface area (Å²) in [6.45, 7) is 12.1. The van der Waals surface area contributed by atoms with Crippen LogP contribution in [0.5, 0.6) is 0 Å². The average Bonchev–Trinajstić information content (AvgIpc) is 2.85. The molecule has 1 fully saturated rings. The van der Waals surface area contributed by atoms with Crippen molar-refractivity contribution in [1.29, 1.82) is 0 Å². The topological polar surface area (TPSA) is 28.2 Å². The first-order valence-electron chi connectivity index (χ1n) is 7.58. The molecule has 4 heteroatoms. The van der Waals surface area contributed by atoms with Gasteiger partial charge in [0.05, 0.1) is 6.04 Å². The molecule has 1 aromatic heterocycles. The largest absolute Gasteiger partial charge is 0.305 e. The minimum atomic E-state index is 0.378. The third-order valence-corrected chi connectivity index (χ3v) is 4.98. The van der Waals surface area contributed by atoms with Gasteiger partial charge in [-0.05, 0) is 53.6 Å². The smallest absolute Gasteiger partial charge is 0.110 e. The summed E-state index contributed by atoms with van der Waals surface area (Å²) in [5, 5.41) is 7.09. The van der Waals surface area contributed by atoms with Crippen LogP contribution < -0.4 is 5.32 Å². The molecule has 2 rings (SSSR count). The molecule has 3 nitrogen and oxygen atoms in total. The Morgan fingerprint density at radius 3 is 2.75 bits per heavy atom. The fourth-order valence-electron chi connectivity index (χ4n) is 2.59. The van der Waals surface area contributed by atoms with E-state index in [1.165, 1.54) is 36.5 Å². The van der Waals surface area contributed by atoms with E-state index in [1.807, 2.05) is 0 Å². The van der Waals surface area contributed by atoms with Crippen LogP contribution in [0.3, 0.4) is 0 Å². The van der Waals surface area contributed by atoms with Gasteiger partial charge in [0.25, 0.3) is 0 Å². The van der Waals surface area contributed by atoms with Crippen molar-refractivity contribution in [1.82, 2.24) is 15.2 Å². The van der Waals surface area contributed by atoms with Gasteiger partial charge in [0.1, 0.15) is 5.01 Å². The molecule has 0 aliphatic carbocycles. The number of thiazole rings is 1. The Bertz CT molecular complexity index is 440. The van der Waals surface area contributed by atoms with Gasteiger partial charge in [-0.15, -0.1) is 11.3 Å². The van der Waals surface area contributed by atoms with E-state index in [9.17, 15) is 0 Å². The van der Waals surface area contributed by atoms with Crippen LogP contribution in [0.15, 0.2) is 17.0 Å². The quantitative estimate of drug-likeness (QED) is 0.842. The van der Waals surface area contributed by atoms with Crippen LogP contribution in [0.2, 0.25) is 0 Å². The Kier molecular flexibility index (Phi) is 5.75. The number of nitrogens with zero attached hydrogens (tertiary/aromatic N) is 2. The number of rotatable bonds is 5. The van der Waals surface area contributed by atoms with Gasteiger partial charge in [-0.1, -0.05) is 11.6 Å². The van der Waals surface area contributed by atoms with Crippen LogP contribution >= 0.6 is 11.3 Å². The SMILES string of the molecule is CC(C)=CCN1CCC(NC(C)c2nc(C)cs2)CC1. The van der Waals surface area contributed by atoms with Crippen LogP contribution in [0.4, 0.5) is 0 Å². The van der Waals surface area contributed by atoms with Crippen molar-refractivity contribution in [2.75, 3.05) is 19.6 Å². The van der Waals surface area contributed by atoms with E-state index in [1.54, 1.807) is 11.3 Å².